The van der Waals surface area contributed by atoms with Crippen LogP contribution in [0, 0.1) is 0 Å². The fraction of sp³-hybridized carbons (Fsp3) is 0.615. The van der Waals surface area contributed by atoms with Crippen LogP contribution in [0.3, 0.4) is 0 Å². The first-order valence-electron chi connectivity index (χ1n) is 6.10. The van der Waals surface area contributed by atoms with Gasteiger partial charge in [0.15, 0.2) is 0 Å². The molecule has 0 bridgehead atoms. The number of hydrogen-bond donors (Lipinski definition) is 1. The van der Waals surface area contributed by atoms with Crippen molar-refractivity contribution in [1.82, 2.24) is 10.3 Å². The molecule has 16 heavy (non-hydrogen) atoms. The second kappa shape index (κ2) is 7.69. The second-order valence-electron chi connectivity index (χ2n) is 3.91. The molecule has 0 saturated heterocycles. The maximum Gasteiger partial charge on any atom is 0.0963 e. The summed E-state index contributed by atoms with van der Waals surface area (Å²) in [7, 11) is 0. The van der Waals surface area contributed by atoms with Crippen molar-refractivity contribution in [2.45, 2.75) is 44.7 Å². The first-order chi connectivity index (χ1) is 7.77. The summed E-state index contributed by atoms with van der Waals surface area (Å²) >= 11 is 1.86. The number of hydrogen-bond acceptors (Lipinski definition) is 3. The molecule has 1 aromatic heterocycles. The van der Waals surface area contributed by atoms with E-state index in [4.69, 9.17) is 0 Å². The van der Waals surface area contributed by atoms with Gasteiger partial charge >= 0.3 is 0 Å². The highest BCUT2D eigenvalue weighted by Gasteiger charge is 2.04. The summed E-state index contributed by atoms with van der Waals surface area (Å²) in [5.41, 5.74) is 1.33. The molecule has 3 heteroatoms. The van der Waals surface area contributed by atoms with Crippen LogP contribution in [0.15, 0.2) is 23.4 Å². The van der Waals surface area contributed by atoms with Gasteiger partial charge in [-0.2, -0.15) is 0 Å². The summed E-state index contributed by atoms with van der Waals surface area (Å²) in [5, 5.41) is 4.57. The van der Waals surface area contributed by atoms with Crippen molar-refractivity contribution in [3.63, 3.8) is 0 Å². The summed E-state index contributed by atoms with van der Waals surface area (Å²) in [6.45, 7) is 7.55. The Morgan fingerprint density at radius 1 is 1.44 bits per heavy atom. The van der Waals surface area contributed by atoms with Crippen molar-refractivity contribution in [2.24, 2.45) is 0 Å². The van der Waals surface area contributed by atoms with Crippen molar-refractivity contribution in [1.29, 1.82) is 0 Å². The average molecular weight is 238 g/mol. The highest BCUT2D eigenvalue weighted by molar-refractivity contribution is 7.99. The number of pyridine rings is 1. The zero-order valence-corrected chi connectivity index (χ0v) is 11.3. The van der Waals surface area contributed by atoms with E-state index in [9.17, 15) is 0 Å². The Labute approximate surface area is 103 Å². The lowest BCUT2D eigenvalue weighted by atomic mass is 10.1. The lowest BCUT2D eigenvalue weighted by Gasteiger charge is -2.13. The van der Waals surface area contributed by atoms with Crippen LogP contribution >= 0.6 is 11.8 Å². The van der Waals surface area contributed by atoms with Crippen LogP contribution < -0.4 is 5.32 Å². The van der Waals surface area contributed by atoms with Gasteiger partial charge < -0.3 is 5.32 Å². The molecule has 0 amide bonds. The summed E-state index contributed by atoms with van der Waals surface area (Å²) in [4.78, 5) is 4.39. The van der Waals surface area contributed by atoms with Crippen molar-refractivity contribution in [3.05, 3.63) is 23.9 Å². The molecule has 1 heterocycles. The Kier molecular flexibility index (Phi) is 6.50. The van der Waals surface area contributed by atoms with Crippen molar-refractivity contribution in [3.8, 4) is 0 Å². The fourth-order valence-corrected chi connectivity index (χ4v) is 2.52. The van der Waals surface area contributed by atoms with Gasteiger partial charge in [0.25, 0.3) is 0 Å². The molecule has 90 valence electrons. The topological polar surface area (TPSA) is 24.9 Å². The Morgan fingerprint density at radius 3 is 2.94 bits per heavy atom. The van der Waals surface area contributed by atoms with E-state index in [2.05, 4.69) is 43.2 Å². The smallest absolute Gasteiger partial charge is 0.0963 e. The first kappa shape index (κ1) is 13.5. The molecule has 0 aliphatic rings. The third-order valence-electron chi connectivity index (χ3n) is 2.52. The van der Waals surface area contributed by atoms with Crippen LogP contribution in [0.4, 0.5) is 0 Å². The molecule has 2 nitrogen and oxygen atoms in total. The van der Waals surface area contributed by atoms with E-state index in [-0.39, 0.29) is 0 Å². The van der Waals surface area contributed by atoms with E-state index in [1.54, 1.807) is 0 Å². The van der Waals surface area contributed by atoms with E-state index < -0.39 is 0 Å². The largest absolute Gasteiger partial charge is 0.310 e. The predicted molar refractivity (Wildman–Crippen MR) is 72.0 cm³/mol. The minimum absolute atomic E-state index is 0.415. The molecular weight excluding hydrogens is 216 g/mol. The number of aromatic nitrogens is 1. The molecule has 1 N–H and O–H groups in total. The number of nitrogens with zero attached hydrogens (tertiary/aromatic N) is 1. The standard InChI is InChI=1S/C13H22N2S/c1-4-6-9-16-13-10-12(7-8-15-13)11(3)14-5-2/h7-8,10-11,14H,4-6,9H2,1-3H3. The van der Waals surface area contributed by atoms with Crippen LogP contribution in [0.5, 0.6) is 0 Å². The molecule has 0 aromatic carbocycles. The highest BCUT2D eigenvalue weighted by Crippen LogP contribution is 2.20. The lowest BCUT2D eigenvalue weighted by molar-refractivity contribution is 0.596. The first-order valence-corrected chi connectivity index (χ1v) is 7.08. The van der Waals surface area contributed by atoms with Crippen LogP contribution in [-0.4, -0.2) is 17.3 Å². The van der Waals surface area contributed by atoms with Gasteiger partial charge in [0.2, 0.25) is 0 Å². The van der Waals surface area contributed by atoms with Gasteiger partial charge in [-0.15, -0.1) is 11.8 Å². The monoisotopic (exact) mass is 238 g/mol. The maximum absolute atomic E-state index is 4.39. The number of unbranched alkanes of at least 4 members (excludes halogenated alkanes) is 1. The molecule has 1 atom stereocenters. The minimum Gasteiger partial charge on any atom is -0.310 e. The van der Waals surface area contributed by atoms with Crippen molar-refractivity contribution in [2.75, 3.05) is 12.3 Å². The zero-order valence-electron chi connectivity index (χ0n) is 10.5. The number of thioether (sulfide) groups is 1. The Hall–Kier alpha value is -0.540. The second-order valence-corrected chi connectivity index (χ2v) is 5.02. The normalized spacial score (nSPS) is 12.7. The van der Waals surface area contributed by atoms with Gasteiger partial charge in [-0.1, -0.05) is 20.3 Å². The maximum atomic E-state index is 4.39. The molecule has 0 aliphatic carbocycles. The SMILES string of the molecule is CCCCSc1cc(C(C)NCC)ccn1. The summed E-state index contributed by atoms with van der Waals surface area (Å²) < 4.78 is 0. The van der Waals surface area contributed by atoms with Gasteiger partial charge in [0.05, 0.1) is 5.03 Å². The van der Waals surface area contributed by atoms with Gasteiger partial charge in [0.1, 0.15) is 0 Å². The van der Waals surface area contributed by atoms with E-state index >= 15 is 0 Å². The summed E-state index contributed by atoms with van der Waals surface area (Å²) in [5.74, 6) is 1.17. The Bertz CT molecular complexity index is 302. The molecule has 0 fully saturated rings. The van der Waals surface area contributed by atoms with Crippen molar-refractivity contribution >= 4 is 11.8 Å². The van der Waals surface area contributed by atoms with Gasteiger partial charge in [-0.25, -0.2) is 4.98 Å². The van der Waals surface area contributed by atoms with E-state index in [0.717, 1.165) is 11.6 Å². The molecule has 0 aliphatic heterocycles. The molecular formula is C13H22N2S. The Morgan fingerprint density at radius 2 is 2.25 bits per heavy atom. The fourth-order valence-electron chi connectivity index (χ4n) is 1.52. The molecule has 1 unspecified atom stereocenters. The van der Waals surface area contributed by atoms with E-state index in [1.807, 2.05) is 18.0 Å². The molecule has 1 rings (SSSR count). The van der Waals surface area contributed by atoms with E-state index in [0.29, 0.717) is 6.04 Å². The Balaban J connectivity index is 2.56. The summed E-state index contributed by atoms with van der Waals surface area (Å²) in [6.07, 6.45) is 4.43. The minimum atomic E-state index is 0.415. The number of rotatable bonds is 7. The predicted octanol–water partition coefficient (Wildman–Crippen LogP) is 3.64. The van der Waals surface area contributed by atoms with Gasteiger partial charge in [0, 0.05) is 12.2 Å². The van der Waals surface area contributed by atoms with Gasteiger partial charge in [-0.3, -0.25) is 0 Å². The van der Waals surface area contributed by atoms with Crippen LogP contribution in [-0.2, 0) is 0 Å². The molecule has 0 radical (unpaired) electrons. The molecule has 0 saturated carbocycles. The zero-order chi connectivity index (χ0) is 11.8. The third-order valence-corrected chi connectivity index (χ3v) is 3.53. The summed E-state index contributed by atoms with van der Waals surface area (Å²) in [6, 6.07) is 4.71. The van der Waals surface area contributed by atoms with Crippen LogP contribution in [0.25, 0.3) is 0 Å². The number of nitrogens with one attached hydrogen (secondary N) is 1. The average Bonchev–Trinajstić information content (AvgIpc) is 2.30. The quantitative estimate of drug-likeness (QED) is 0.580. The lowest BCUT2D eigenvalue weighted by Crippen LogP contribution is -2.17. The van der Waals surface area contributed by atoms with E-state index in [1.165, 1.54) is 24.2 Å². The van der Waals surface area contributed by atoms with Gasteiger partial charge in [-0.05, 0) is 43.3 Å². The van der Waals surface area contributed by atoms with Crippen LogP contribution in [0.2, 0.25) is 0 Å². The van der Waals surface area contributed by atoms with Crippen molar-refractivity contribution < 1.29 is 0 Å². The molecule has 0 spiro atoms. The van der Waals surface area contributed by atoms with Crippen LogP contribution in [0.1, 0.15) is 45.2 Å². The highest BCUT2D eigenvalue weighted by atomic mass is 32.2. The third kappa shape index (κ3) is 4.54. The molecule has 1 aromatic rings.